The zero-order valence-electron chi connectivity index (χ0n) is 17.5. The molecule has 4 rings (SSSR count). The zero-order valence-corrected chi connectivity index (χ0v) is 21.3. The predicted octanol–water partition coefficient (Wildman–Crippen LogP) is 7.46. The van der Waals surface area contributed by atoms with Crippen molar-refractivity contribution in [2.24, 2.45) is 4.99 Å². The van der Waals surface area contributed by atoms with E-state index in [0.29, 0.717) is 43.2 Å². The maximum atomic E-state index is 13.2. The standard InChI is InChI=1S/C24H17Cl4N3O2S/c25-15-3-1-14(2-4-15)13-31-22(32)12-21(23(33)29-20-10-17(27)9-18(28)11-20)34-24(31)30-19-7-5-16(26)6-8-19/h1-11,21H,12-13H2,(H,29,33). The normalized spacial score (nSPS) is 17.2. The third-order valence-corrected chi connectivity index (χ3v) is 7.00. The van der Waals surface area contributed by atoms with E-state index in [4.69, 9.17) is 46.4 Å². The molecule has 1 heterocycles. The molecular formula is C24H17Cl4N3O2S. The van der Waals surface area contributed by atoms with E-state index in [1.54, 1.807) is 59.5 Å². The number of carbonyl (C=O) groups excluding carboxylic acids is 2. The van der Waals surface area contributed by atoms with Crippen molar-refractivity contribution in [2.75, 3.05) is 5.32 Å². The molecule has 1 N–H and O–H groups in total. The van der Waals surface area contributed by atoms with Gasteiger partial charge in [-0.25, -0.2) is 4.99 Å². The van der Waals surface area contributed by atoms with Crippen LogP contribution in [0.2, 0.25) is 20.1 Å². The first-order valence-corrected chi connectivity index (χ1v) is 12.5. The molecule has 1 fully saturated rings. The second-order valence-electron chi connectivity index (χ2n) is 7.44. The van der Waals surface area contributed by atoms with Crippen molar-refractivity contribution in [1.82, 2.24) is 4.90 Å². The van der Waals surface area contributed by atoms with Crippen molar-refractivity contribution < 1.29 is 9.59 Å². The second kappa shape index (κ2) is 11.0. The minimum Gasteiger partial charge on any atom is -0.325 e. The van der Waals surface area contributed by atoms with E-state index >= 15 is 0 Å². The highest BCUT2D eigenvalue weighted by atomic mass is 35.5. The molecule has 0 saturated carbocycles. The van der Waals surface area contributed by atoms with Crippen LogP contribution in [0.1, 0.15) is 12.0 Å². The SMILES string of the molecule is O=C(Nc1cc(Cl)cc(Cl)c1)C1CC(=O)N(Cc2ccc(Cl)cc2)C(=Nc2ccc(Cl)cc2)S1. The van der Waals surface area contributed by atoms with Gasteiger partial charge < -0.3 is 5.32 Å². The van der Waals surface area contributed by atoms with Gasteiger partial charge in [0, 0.05) is 32.2 Å². The van der Waals surface area contributed by atoms with Gasteiger partial charge in [0.25, 0.3) is 0 Å². The summed E-state index contributed by atoms with van der Waals surface area (Å²) in [7, 11) is 0. The van der Waals surface area contributed by atoms with Crippen LogP contribution in [-0.4, -0.2) is 27.1 Å². The lowest BCUT2D eigenvalue weighted by Crippen LogP contribution is -2.44. The number of amides is 2. The maximum absolute atomic E-state index is 13.2. The smallest absolute Gasteiger partial charge is 0.238 e. The Bertz CT molecular complexity index is 1230. The molecule has 1 unspecified atom stereocenters. The Morgan fingerprint density at radius 2 is 1.50 bits per heavy atom. The summed E-state index contributed by atoms with van der Waals surface area (Å²) in [4.78, 5) is 32.4. The number of carbonyl (C=O) groups is 2. The summed E-state index contributed by atoms with van der Waals surface area (Å²) >= 11 is 25.3. The van der Waals surface area contributed by atoms with Crippen LogP contribution in [0.5, 0.6) is 0 Å². The van der Waals surface area contributed by atoms with E-state index in [1.807, 2.05) is 12.1 Å². The maximum Gasteiger partial charge on any atom is 0.238 e. The number of amidine groups is 1. The van der Waals surface area contributed by atoms with Crippen molar-refractivity contribution in [3.63, 3.8) is 0 Å². The Balaban J connectivity index is 1.60. The lowest BCUT2D eigenvalue weighted by Gasteiger charge is -2.32. The minimum absolute atomic E-state index is 0.0119. The molecule has 1 atom stereocenters. The number of hydrogen-bond acceptors (Lipinski definition) is 4. The van der Waals surface area contributed by atoms with Crippen LogP contribution in [0.15, 0.2) is 71.7 Å². The fraction of sp³-hybridized carbons (Fsp3) is 0.125. The molecule has 3 aromatic rings. The predicted molar refractivity (Wildman–Crippen MR) is 142 cm³/mol. The van der Waals surface area contributed by atoms with Gasteiger partial charge in [0.1, 0.15) is 5.25 Å². The van der Waals surface area contributed by atoms with Crippen LogP contribution in [0.3, 0.4) is 0 Å². The van der Waals surface area contributed by atoms with Crippen molar-refractivity contribution in [3.05, 3.63) is 92.4 Å². The Kier molecular flexibility index (Phi) is 8.06. The summed E-state index contributed by atoms with van der Waals surface area (Å²) in [6, 6.07) is 18.9. The summed E-state index contributed by atoms with van der Waals surface area (Å²) in [6.07, 6.45) is 0.0119. The Labute approximate surface area is 221 Å². The minimum atomic E-state index is -0.683. The average Bonchev–Trinajstić information content (AvgIpc) is 2.78. The van der Waals surface area contributed by atoms with E-state index in [0.717, 1.165) is 5.56 Å². The summed E-state index contributed by atoms with van der Waals surface area (Å²) in [5.41, 5.74) is 1.96. The first-order chi connectivity index (χ1) is 16.3. The van der Waals surface area contributed by atoms with Crippen LogP contribution in [-0.2, 0) is 16.1 Å². The first kappa shape index (κ1) is 24.9. The number of hydrogen-bond donors (Lipinski definition) is 1. The molecule has 2 amide bonds. The molecule has 10 heteroatoms. The van der Waals surface area contributed by atoms with Crippen LogP contribution < -0.4 is 5.32 Å². The van der Waals surface area contributed by atoms with Crippen LogP contribution in [0.4, 0.5) is 11.4 Å². The topological polar surface area (TPSA) is 61.8 Å². The molecule has 1 saturated heterocycles. The van der Waals surface area contributed by atoms with Gasteiger partial charge in [0.05, 0.1) is 12.2 Å². The van der Waals surface area contributed by atoms with Gasteiger partial charge in [-0.1, -0.05) is 70.3 Å². The highest BCUT2D eigenvalue weighted by molar-refractivity contribution is 8.15. The van der Waals surface area contributed by atoms with Gasteiger partial charge in [-0.2, -0.15) is 0 Å². The highest BCUT2D eigenvalue weighted by Crippen LogP contribution is 2.32. The molecule has 1 aliphatic rings. The van der Waals surface area contributed by atoms with Gasteiger partial charge in [0.2, 0.25) is 11.8 Å². The van der Waals surface area contributed by atoms with Gasteiger partial charge in [-0.3, -0.25) is 14.5 Å². The van der Waals surface area contributed by atoms with Gasteiger partial charge in [0.15, 0.2) is 5.17 Å². The van der Waals surface area contributed by atoms with Crippen LogP contribution >= 0.6 is 58.2 Å². The number of nitrogens with one attached hydrogen (secondary N) is 1. The van der Waals surface area contributed by atoms with Crippen LogP contribution in [0, 0.1) is 0 Å². The number of benzene rings is 3. The van der Waals surface area contributed by atoms with E-state index in [-0.39, 0.29) is 18.2 Å². The number of aliphatic imine (C=N–C) groups is 1. The van der Waals surface area contributed by atoms with Gasteiger partial charge in [-0.15, -0.1) is 0 Å². The number of rotatable bonds is 5. The third-order valence-electron chi connectivity index (χ3n) is 4.87. The van der Waals surface area contributed by atoms with Crippen molar-refractivity contribution >= 4 is 86.5 Å². The molecule has 0 bridgehead atoms. The summed E-state index contributed by atoms with van der Waals surface area (Å²) in [5.74, 6) is -0.558. The first-order valence-electron chi connectivity index (χ1n) is 10.1. The molecule has 0 spiro atoms. The fourth-order valence-electron chi connectivity index (χ4n) is 3.24. The fourth-order valence-corrected chi connectivity index (χ4v) is 5.12. The van der Waals surface area contributed by atoms with Crippen molar-refractivity contribution in [2.45, 2.75) is 18.2 Å². The Morgan fingerprint density at radius 1 is 0.912 bits per heavy atom. The number of halogens is 4. The molecule has 0 radical (unpaired) electrons. The molecule has 0 aliphatic carbocycles. The number of anilines is 1. The number of nitrogens with zero attached hydrogens (tertiary/aromatic N) is 2. The van der Waals surface area contributed by atoms with Crippen molar-refractivity contribution in [1.29, 1.82) is 0 Å². The molecule has 174 valence electrons. The van der Waals surface area contributed by atoms with Gasteiger partial charge >= 0.3 is 0 Å². The average molecular weight is 553 g/mol. The molecule has 34 heavy (non-hydrogen) atoms. The molecule has 0 aromatic heterocycles. The van der Waals surface area contributed by atoms with Crippen molar-refractivity contribution in [3.8, 4) is 0 Å². The zero-order chi connectivity index (χ0) is 24.2. The van der Waals surface area contributed by atoms with E-state index in [9.17, 15) is 9.59 Å². The highest BCUT2D eigenvalue weighted by Gasteiger charge is 2.36. The van der Waals surface area contributed by atoms with Crippen LogP contribution in [0.25, 0.3) is 0 Å². The van der Waals surface area contributed by atoms with E-state index < -0.39 is 5.25 Å². The summed E-state index contributed by atoms with van der Waals surface area (Å²) in [6.45, 7) is 0.299. The summed E-state index contributed by atoms with van der Waals surface area (Å²) < 4.78 is 0. The molecule has 1 aliphatic heterocycles. The molecule has 5 nitrogen and oxygen atoms in total. The lowest BCUT2D eigenvalue weighted by molar-refractivity contribution is -0.129. The van der Waals surface area contributed by atoms with E-state index in [2.05, 4.69) is 10.3 Å². The lowest BCUT2D eigenvalue weighted by atomic mass is 10.2. The monoisotopic (exact) mass is 551 g/mol. The summed E-state index contributed by atoms with van der Waals surface area (Å²) in [5, 5.41) is 4.50. The molecular weight excluding hydrogens is 536 g/mol. The Hall–Kier alpha value is -2.22. The molecule has 3 aromatic carbocycles. The number of thioether (sulfide) groups is 1. The third kappa shape index (κ3) is 6.46. The Morgan fingerprint density at radius 3 is 2.12 bits per heavy atom. The second-order valence-corrected chi connectivity index (χ2v) is 10.4. The largest absolute Gasteiger partial charge is 0.325 e. The van der Waals surface area contributed by atoms with E-state index in [1.165, 1.54) is 11.8 Å². The quantitative estimate of drug-likeness (QED) is 0.357. The van der Waals surface area contributed by atoms with Gasteiger partial charge in [-0.05, 0) is 60.2 Å².